The first-order valence-electron chi connectivity index (χ1n) is 9.98. The van der Waals surface area contributed by atoms with E-state index in [1.807, 2.05) is 6.07 Å². The summed E-state index contributed by atoms with van der Waals surface area (Å²) in [6, 6.07) is 27.0. The molecule has 4 aromatic carbocycles. The van der Waals surface area contributed by atoms with Crippen LogP contribution in [-0.2, 0) is 10.1 Å². The standard InChI is InChI=1S/C27H15N3O3S/c1-30-24-12-10-22(11-13-24)26-15-23(20-6-2-18(16-28)3-7-20)14-25(27(26)34(31,32)33)21-8-4-19(17-29)5-9-21/h2-15H,(H,31,32,33). The van der Waals surface area contributed by atoms with Gasteiger partial charge in [-0.05, 0) is 58.7 Å². The number of nitriles is 2. The fourth-order valence-corrected chi connectivity index (χ4v) is 4.59. The highest BCUT2D eigenvalue weighted by Crippen LogP contribution is 2.40. The van der Waals surface area contributed by atoms with Gasteiger partial charge in [0.25, 0.3) is 10.1 Å². The Morgan fingerprint density at radius 3 is 1.47 bits per heavy atom. The molecule has 4 rings (SSSR count). The SMILES string of the molecule is [C-]#[N+]c1ccc(-c2cc(-c3ccc(C#N)cc3)cc(-c3ccc(C#N)cc3)c2S(=O)(=O)O)cc1. The predicted molar refractivity (Wildman–Crippen MR) is 128 cm³/mol. The average Bonchev–Trinajstić information content (AvgIpc) is 2.87. The van der Waals surface area contributed by atoms with E-state index in [0.717, 1.165) is 5.56 Å². The van der Waals surface area contributed by atoms with Gasteiger partial charge in [-0.2, -0.15) is 18.9 Å². The molecule has 0 heterocycles. The number of nitrogens with zero attached hydrogens (tertiary/aromatic N) is 3. The molecule has 6 nitrogen and oxygen atoms in total. The highest BCUT2D eigenvalue weighted by Gasteiger charge is 2.24. The van der Waals surface area contributed by atoms with Crippen LogP contribution in [0, 0.1) is 29.2 Å². The Hall–Kier alpha value is -4.74. The van der Waals surface area contributed by atoms with E-state index in [-0.39, 0.29) is 16.0 Å². The fourth-order valence-electron chi connectivity index (χ4n) is 3.68. The number of rotatable bonds is 4. The van der Waals surface area contributed by atoms with Crippen LogP contribution in [0.1, 0.15) is 11.1 Å². The number of hydrogen-bond acceptors (Lipinski definition) is 4. The van der Waals surface area contributed by atoms with Crippen molar-refractivity contribution in [2.75, 3.05) is 0 Å². The van der Waals surface area contributed by atoms with Crippen molar-refractivity contribution in [1.29, 1.82) is 10.5 Å². The molecule has 0 amide bonds. The first kappa shape index (κ1) is 22.5. The third kappa shape index (κ3) is 4.41. The van der Waals surface area contributed by atoms with Crippen LogP contribution >= 0.6 is 0 Å². The Labute approximate surface area is 197 Å². The largest absolute Gasteiger partial charge is 0.295 e. The van der Waals surface area contributed by atoms with Crippen LogP contribution in [-0.4, -0.2) is 13.0 Å². The van der Waals surface area contributed by atoms with Crippen molar-refractivity contribution >= 4 is 15.8 Å². The molecular formula is C27H15N3O3S. The molecule has 0 unspecified atom stereocenters. The summed E-state index contributed by atoms with van der Waals surface area (Å²) in [6.07, 6.45) is 0. The smallest absolute Gasteiger partial charge is 0.282 e. The lowest BCUT2D eigenvalue weighted by molar-refractivity contribution is 0.484. The van der Waals surface area contributed by atoms with Gasteiger partial charge in [0.15, 0.2) is 5.69 Å². The third-order valence-electron chi connectivity index (χ3n) is 5.33. The Kier molecular flexibility index (Phi) is 5.95. The quantitative estimate of drug-likeness (QED) is 0.286. The second-order valence-electron chi connectivity index (χ2n) is 7.41. The Balaban J connectivity index is 2.07. The van der Waals surface area contributed by atoms with Crippen molar-refractivity contribution in [3.8, 4) is 45.5 Å². The normalized spacial score (nSPS) is 10.6. The molecule has 0 aliphatic rings. The van der Waals surface area contributed by atoms with Crippen LogP contribution in [0.2, 0.25) is 0 Å². The molecule has 0 spiro atoms. The summed E-state index contributed by atoms with van der Waals surface area (Å²) in [7, 11) is -4.67. The Bertz CT molecular complexity index is 1540. The lowest BCUT2D eigenvalue weighted by atomic mass is 9.92. The van der Waals surface area contributed by atoms with Gasteiger partial charge in [0, 0.05) is 11.1 Å². The second kappa shape index (κ2) is 9.02. The number of hydrogen-bond donors (Lipinski definition) is 1. The van der Waals surface area contributed by atoms with Gasteiger partial charge in [0.05, 0.1) is 29.8 Å². The maximum atomic E-state index is 12.6. The van der Waals surface area contributed by atoms with Crippen molar-refractivity contribution in [3.63, 3.8) is 0 Å². The summed E-state index contributed by atoms with van der Waals surface area (Å²) in [5, 5.41) is 18.2. The minimum atomic E-state index is -4.67. The van der Waals surface area contributed by atoms with Gasteiger partial charge < -0.3 is 0 Å². The van der Waals surface area contributed by atoms with Gasteiger partial charge in [0.2, 0.25) is 0 Å². The lowest BCUT2D eigenvalue weighted by Gasteiger charge is -2.17. The molecule has 34 heavy (non-hydrogen) atoms. The lowest BCUT2D eigenvalue weighted by Crippen LogP contribution is -2.04. The Morgan fingerprint density at radius 1 is 0.676 bits per heavy atom. The summed E-state index contributed by atoms with van der Waals surface area (Å²) in [5.41, 5.74) is 4.24. The fraction of sp³-hybridized carbons (Fsp3) is 0. The zero-order chi connectivity index (χ0) is 24.3. The molecule has 0 saturated carbocycles. The highest BCUT2D eigenvalue weighted by atomic mass is 32.2. The molecule has 0 saturated heterocycles. The minimum absolute atomic E-state index is 0.262. The molecule has 1 N–H and O–H groups in total. The molecule has 0 aliphatic carbocycles. The van der Waals surface area contributed by atoms with Gasteiger partial charge in [-0.1, -0.05) is 48.5 Å². The first-order chi connectivity index (χ1) is 16.3. The zero-order valence-electron chi connectivity index (χ0n) is 17.6. The van der Waals surface area contributed by atoms with E-state index in [0.29, 0.717) is 33.5 Å². The van der Waals surface area contributed by atoms with Crippen molar-refractivity contribution in [2.24, 2.45) is 0 Å². The molecule has 0 aliphatic heterocycles. The summed E-state index contributed by atoms with van der Waals surface area (Å²) < 4.78 is 35.5. The molecule has 4 aromatic rings. The summed E-state index contributed by atoms with van der Waals surface area (Å²) in [4.78, 5) is 3.10. The molecule has 162 valence electrons. The van der Waals surface area contributed by atoms with Gasteiger partial charge >= 0.3 is 0 Å². The monoisotopic (exact) mass is 461 g/mol. The van der Waals surface area contributed by atoms with E-state index in [2.05, 4.69) is 10.9 Å². The minimum Gasteiger partial charge on any atom is -0.282 e. The number of benzene rings is 4. The molecule has 0 fully saturated rings. The van der Waals surface area contributed by atoms with Crippen molar-refractivity contribution < 1.29 is 13.0 Å². The van der Waals surface area contributed by atoms with E-state index in [1.54, 1.807) is 84.9 Å². The van der Waals surface area contributed by atoms with E-state index < -0.39 is 10.1 Å². The van der Waals surface area contributed by atoms with Crippen LogP contribution in [0.5, 0.6) is 0 Å². The first-order valence-corrected chi connectivity index (χ1v) is 11.4. The highest BCUT2D eigenvalue weighted by molar-refractivity contribution is 7.86. The second-order valence-corrected chi connectivity index (χ2v) is 8.77. The van der Waals surface area contributed by atoms with Crippen LogP contribution in [0.4, 0.5) is 5.69 Å². The molecular weight excluding hydrogens is 446 g/mol. The maximum Gasteiger partial charge on any atom is 0.295 e. The molecule has 7 heteroatoms. The Morgan fingerprint density at radius 2 is 1.09 bits per heavy atom. The predicted octanol–water partition coefficient (Wildman–Crippen LogP) is 6.23. The summed E-state index contributed by atoms with van der Waals surface area (Å²) >= 11 is 0. The molecule has 0 bridgehead atoms. The zero-order valence-corrected chi connectivity index (χ0v) is 18.4. The van der Waals surface area contributed by atoms with Gasteiger partial charge in [-0.3, -0.25) is 4.55 Å². The van der Waals surface area contributed by atoms with Crippen molar-refractivity contribution in [3.05, 3.63) is 107 Å². The van der Waals surface area contributed by atoms with Crippen LogP contribution in [0.3, 0.4) is 0 Å². The van der Waals surface area contributed by atoms with E-state index in [1.165, 1.54) is 0 Å². The maximum absolute atomic E-state index is 12.6. The summed E-state index contributed by atoms with van der Waals surface area (Å²) in [5.74, 6) is 0. The average molecular weight is 462 g/mol. The van der Waals surface area contributed by atoms with Gasteiger partial charge in [-0.25, -0.2) is 4.85 Å². The summed E-state index contributed by atoms with van der Waals surface area (Å²) in [6.45, 7) is 7.16. The van der Waals surface area contributed by atoms with E-state index in [9.17, 15) is 13.0 Å². The van der Waals surface area contributed by atoms with Crippen LogP contribution < -0.4 is 0 Å². The van der Waals surface area contributed by atoms with E-state index in [4.69, 9.17) is 17.1 Å². The van der Waals surface area contributed by atoms with Gasteiger partial charge in [0.1, 0.15) is 4.90 Å². The van der Waals surface area contributed by atoms with Gasteiger partial charge in [-0.15, -0.1) is 0 Å². The molecule has 0 radical (unpaired) electrons. The third-order valence-corrected chi connectivity index (χ3v) is 6.28. The van der Waals surface area contributed by atoms with Crippen LogP contribution in [0.15, 0.2) is 89.8 Å². The topological polar surface area (TPSA) is 106 Å². The van der Waals surface area contributed by atoms with Crippen molar-refractivity contribution in [1.82, 2.24) is 0 Å². The molecule has 0 atom stereocenters. The van der Waals surface area contributed by atoms with E-state index >= 15 is 0 Å². The van der Waals surface area contributed by atoms with Crippen molar-refractivity contribution in [2.45, 2.75) is 4.90 Å². The van der Waals surface area contributed by atoms with Crippen LogP contribution in [0.25, 0.3) is 38.2 Å². The molecule has 0 aromatic heterocycles.